The Morgan fingerprint density at radius 3 is 2.60 bits per heavy atom. The van der Waals surface area contributed by atoms with Crippen LogP contribution in [0, 0.1) is 12.7 Å². The summed E-state index contributed by atoms with van der Waals surface area (Å²) in [7, 11) is 0. The lowest BCUT2D eigenvalue weighted by Crippen LogP contribution is -2.13. The van der Waals surface area contributed by atoms with Crippen LogP contribution in [-0.4, -0.2) is 5.91 Å². The second-order valence-electron chi connectivity index (χ2n) is 4.26. The smallest absolute Gasteiger partial charge is 0.255 e. The predicted molar refractivity (Wildman–Crippen MR) is 81.0 cm³/mol. The van der Waals surface area contributed by atoms with Crippen molar-refractivity contribution >= 4 is 33.2 Å². The highest BCUT2D eigenvalue weighted by Crippen LogP contribution is 2.21. The van der Waals surface area contributed by atoms with Gasteiger partial charge in [-0.3, -0.25) is 10.6 Å². The molecule has 0 atom stereocenters. The van der Waals surface area contributed by atoms with E-state index in [-0.39, 0.29) is 5.91 Å². The van der Waals surface area contributed by atoms with E-state index in [1.54, 1.807) is 24.3 Å². The van der Waals surface area contributed by atoms with E-state index < -0.39 is 5.82 Å². The molecule has 4 nitrogen and oxygen atoms in total. The zero-order valence-electron chi connectivity index (χ0n) is 10.7. The van der Waals surface area contributed by atoms with Crippen LogP contribution in [0.3, 0.4) is 0 Å². The number of amides is 1. The van der Waals surface area contributed by atoms with Gasteiger partial charge < -0.3 is 10.7 Å². The van der Waals surface area contributed by atoms with Gasteiger partial charge in [-0.25, -0.2) is 4.39 Å². The molecule has 0 bridgehead atoms. The highest BCUT2D eigenvalue weighted by atomic mass is 79.9. The number of rotatable bonds is 3. The molecule has 2 rings (SSSR count). The van der Waals surface area contributed by atoms with Gasteiger partial charge in [-0.1, -0.05) is 0 Å². The van der Waals surface area contributed by atoms with Crippen molar-refractivity contribution in [3.05, 3.63) is 57.8 Å². The molecule has 0 aliphatic rings. The van der Waals surface area contributed by atoms with Gasteiger partial charge in [-0.2, -0.15) is 0 Å². The van der Waals surface area contributed by atoms with Gasteiger partial charge in [0.05, 0.1) is 10.2 Å². The molecule has 0 spiro atoms. The summed E-state index contributed by atoms with van der Waals surface area (Å²) in [5, 5.41) is 2.64. The number of aryl methyl sites for hydroxylation is 1. The molecule has 2 aromatic carbocycles. The molecule has 0 saturated heterocycles. The van der Waals surface area contributed by atoms with Crippen LogP contribution in [0.2, 0.25) is 0 Å². The SMILES string of the molecule is Cc1cc(C(=O)Nc2ccc(Br)c(F)c2)ccc1NN. The van der Waals surface area contributed by atoms with Crippen molar-refractivity contribution in [1.82, 2.24) is 0 Å². The fraction of sp³-hybridized carbons (Fsp3) is 0.0714. The first-order valence-corrected chi connectivity index (χ1v) is 6.64. The van der Waals surface area contributed by atoms with E-state index in [0.29, 0.717) is 15.7 Å². The molecule has 0 unspecified atom stereocenters. The molecule has 104 valence electrons. The fourth-order valence-corrected chi connectivity index (χ4v) is 1.99. The number of nitrogen functional groups attached to an aromatic ring is 1. The van der Waals surface area contributed by atoms with Crippen LogP contribution in [0.5, 0.6) is 0 Å². The van der Waals surface area contributed by atoms with E-state index >= 15 is 0 Å². The molecular formula is C14H13BrFN3O. The number of hydrogen-bond acceptors (Lipinski definition) is 3. The van der Waals surface area contributed by atoms with Crippen molar-refractivity contribution in [2.75, 3.05) is 10.7 Å². The second kappa shape index (κ2) is 6.02. The normalized spacial score (nSPS) is 10.2. The van der Waals surface area contributed by atoms with Crippen molar-refractivity contribution in [3.63, 3.8) is 0 Å². The van der Waals surface area contributed by atoms with Gasteiger partial charge >= 0.3 is 0 Å². The summed E-state index contributed by atoms with van der Waals surface area (Å²) in [6.07, 6.45) is 0. The first kappa shape index (κ1) is 14.5. The van der Waals surface area contributed by atoms with E-state index in [2.05, 4.69) is 26.7 Å². The molecule has 0 aliphatic carbocycles. The molecule has 0 heterocycles. The zero-order chi connectivity index (χ0) is 14.7. The van der Waals surface area contributed by atoms with Crippen molar-refractivity contribution < 1.29 is 9.18 Å². The van der Waals surface area contributed by atoms with Crippen LogP contribution in [0.25, 0.3) is 0 Å². The molecule has 20 heavy (non-hydrogen) atoms. The predicted octanol–water partition coefficient (Wildman–Crippen LogP) is 3.43. The van der Waals surface area contributed by atoms with Crippen LogP contribution in [0.15, 0.2) is 40.9 Å². The van der Waals surface area contributed by atoms with Crippen LogP contribution < -0.4 is 16.6 Å². The standard InChI is InChI=1S/C14H13BrFN3O/c1-8-6-9(2-5-13(8)19-17)14(20)18-10-3-4-11(15)12(16)7-10/h2-7,19H,17H2,1H3,(H,18,20). The molecule has 4 N–H and O–H groups in total. The summed E-state index contributed by atoms with van der Waals surface area (Å²) in [6, 6.07) is 9.48. The molecule has 0 aliphatic heterocycles. The number of hydrazine groups is 1. The molecule has 0 radical (unpaired) electrons. The van der Waals surface area contributed by atoms with Crippen molar-refractivity contribution in [3.8, 4) is 0 Å². The number of carbonyl (C=O) groups is 1. The average molecular weight is 338 g/mol. The van der Waals surface area contributed by atoms with Gasteiger partial charge in [0, 0.05) is 11.3 Å². The van der Waals surface area contributed by atoms with Gasteiger partial charge in [0.2, 0.25) is 0 Å². The second-order valence-corrected chi connectivity index (χ2v) is 5.11. The van der Waals surface area contributed by atoms with E-state index in [0.717, 1.165) is 11.3 Å². The highest BCUT2D eigenvalue weighted by molar-refractivity contribution is 9.10. The van der Waals surface area contributed by atoms with Crippen molar-refractivity contribution in [2.45, 2.75) is 6.92 Å². The minimum absolute atomic E-state index is 0.307. The van der Waals surface area contributed by atoms with Crippen LogP contribution >= 0.6 is 15.9 Å². The van der Waals surface area contributed by atoms with E-state index in [9.17, 15) is 9.18 Å². The third kappa shape index (κ3) is 3.15. The molecule has 1 amide bonds. The lowest BCUT2D eigenvalue weighted by Gasteiger charge is -2.09. The third-order valence-electron chi connectivity index (χ3n) is 2.82. The molecule has 0 fully saturated rings. The third-order valence-corrected chi connectivity index (χ3v) is 3.46. The minimum Gasteiger partial charge on any atom is -0.324 e. The van der Waals surface area contributed by atoms with E-state index in [4.69, 9.17) is 5.84 Å². The maximum Gasteiger partial charge on any atom is 0.255 e. The first-order chi connectivity index (χ1) is 9.51. The van der Waals surface area contributed by atoms with Crippen LogP contribution in [0.1, 0.15) is 15.9 Å². The summed E-state index contributed by atoms with van der Waals surface area (Å²) in [4.78, 5) is 12.1. The Morgan fingerprint density at radius 1 is 1.25 bits per heavy atom. The van der Waals surface area contributed by atoms with E-state index in [1.165, 1.54) is 12.1 Å². The summed E-state index contributed by atoms with van der Waals surface area (Å²) < 4.78 is 13.7. The van der Waals surface area contributed by atoms with Crippen molar-refractivity contribution in [1.29, 1.82) is 0 Å². The first-order valence-electron chi connectivity index (χ1n) is 5.85. The summed E-state index contributed by atoms with van der Waals surface area (Å²) >= 11 is 3.06. The van der Waals surface area contributed by atoms with Gasteiger partial charge in [0.25, 0.3) is 5.91 Å². The molecule has 6 heteroatoms. The van der Waals surface area contributed by atoms with E-state index in [1.807, 2.05) is 6.92 Å². The molecular weight excluding hydrogens is 325 g/mol. The maximum absolute atomic E-state index is 13.4. The molecule has 0 aromatic heterocycles. The van der Waals surface area contributed by atoms with Gasteiger partial charge in [0.1, 0.15) is 5.82 Å². The Hall–Kier alpha value is -1.92. The quantitative estimate of drug-likeness (QED) is 0.593. The monoisotopic (exact) mass is 337 g/mol. The number of nitrogens with one attached hydrogen (secondary N) is 2. The Balaban J connectivity index is 2.19. The van der Waals surface area contributed by atoms with Gasteiger partial charge in [-0.05, 0) is 64.8 Å². The fourth-order valence-electron chi connectivity index (χ4n) is 1.74. The largest absolute Gasteiger partial charge is 0.324 e. The lowest BCUT2D eigenvalue weighted by atomic mass is 10.1. The summed E-state index contributed by atoms with van der Waals surface area (Å²) in [5.74, 6) is 4.60. The highest BCUT2D eigenvalue weighted by Gasteiger charge is 2.09. The Labute approximate surface area is 124 Å². The number of nitrogens with two attached hydrogens (primary N) is 1. The summed E-state index contributed by atoms with van der Waals surface area (Å²) in [5.41, 5.74) is 5.01. The zero-order valence-corrected chi connectivity index (χ0v) is 12.3. The van der Waals surface area contributed by atoms with Crippen LogP contribution in [-0.2, 0) is 0 Å². The van der Waals surface area contributed by atoms with Crippen molar-refractivity contribution in [2.24, 2.45) is 5.84 Å². The average Bonchev–Trinajstić information content (AvgIpc) is 2.42. The Bertz CT molecular complexity index is 661. The summed E-state index contributed by atoms with van der Waals surface area (Å²) in [6.45, 7) is 1.84. The number of hydrogen-bond donors (Lipinski definition) is 3. The number of halogens is 2. The Morgan fingerprint density at radius 2 is 2.00 bits per heavy atom. The number of anilines is 2. The minimum atomic E-state index is -0.429. The lowest BCUT2D eigenvalue weighted by molar-refractivity contribution is 0.102. The van der Waals surface area contributed by atoms with Gasteiger partial charge in [-0.15, -0.1) is 0 Å². The number of benzene rings is 2. The number of carbonyl (C=O) groups excluding carboxylic acids is 1. The molecule has 2 aromatic rings. The Kier molecular flexibility index (Phi) is 4.36. The maximum atomic E-state index is 13.4. The topological polar surface area (TPSA) is 67.2 Å². The van der Waals surface area contributed by atoms with Gasteiger partial charge in [0.15, 0.2) is 0 Å². The van der Waals surface area contributed by atoms with Crippen LogP contribution in [0.4, 0.5) is 15.8 Å². The molecule has 0 saturated carbocycles.